The van der Waals surface area contributed by atoms with Crippen LogP contribution in [0.3, 0.4) is 0 Å². The number of hydrogen-bond donors (Lipinski definition) is 3. The third-order valence-corrected chi connectivity index (χ3v) is 5.12. The van der Waals surface area contributed by atoms with Gasteiger partial charge >= 0.3 is 0 Å². The van der Waals surface area contributed by atoms with E-state index in [0.29, 0.717) is 27.9 Å². The van der Waals surface area contributed by atoms with Crippen molar-refractivity contribution in [3.63, 3.8) is 0 Å². The van der Waals surface area contributed by atoms with Gasteiger partial charge in [-0.3, -0.25) is 9.48 Å². The second kappa shape index (κ2) is 8.75. The first-order valence-corrected chi connectivity index (χ1v) is 10.4. The SMILES string of the molecule is Cn1cc(Nc2cc(-n3ncc4cc(Cl)cnc43)ncc2C(=O)NC[C@@H](F)C(C)(C)O)cn1. The van der Waals surface area contributed by atoms with Gasteiger partial charge in [-0.2, -0.15) is 14.9 Å². The summed E-state index contributed by atoms with van der Waals surface area (Å²) in [6.45, 7) is 2.32. The van der Waals surface area contributed by atoms with E-state index in [4.69, 9.17) is 11.6 Å². The van der Waals surface area contributed by atoms with E-state index >= 15 is 0 Å². The summed E-state index contributed by atoms with van der Waals surface area (Å²) < 4.78 is 17.3. The number of anilines is 2. The van der Waals surface area contributed by atoms with E-state index < -0.39 is 17.7 Å². The summed E-state index contributed by atoms with van der Waals surface area (Å²) in [7, 11) is 1.77. The molecule has 4 rings (SSSR count). The molecule has 3 N–H and O–H groups in total. The smallest absolute Gasteiger partial charge is 0.255 e. The van der Waals surface area contributed by atoms with Crippen molar-refractivity contribution in [2.45, 2.75) is 25.6 Å². The number of rotatable bonds is 7. The monoisotopic (exact) mass is 472 g/mol. The lowest BCUT2D eigenvalue weighted by Gasteiger charge is -2.22. The van der Waals surface area contributed by atoms with Gasteiger partial charge in [0.2, 0.25) is 0 Å². The topological polar surface area (TPSA) is 123 Å². The van der Waals surface area contributed by atoms with Gasteiger partial charge in [0.1, 0.15) is 6.17 Å². The van der Waals surface area contributed by atoms with E-state index in [2.05, 4.69) is 30.8 Å². The molecule has 0 saturated heterocycles. The number of amides is 1. The second-order valence-electron chi connectivity index (χ2n) is 8.07. The number of carbonyl (C=O) groups is 1. The molecule has 0 aliphatic carbocycles. The highest BCUT2D eigenvalue weighted by Crippen LogP contribution is 2.25. The predicted octanol–water partition coefficient (Wildman–Crippen LogP) is 2.78. The summed E-state index contributed by atoms with van der Waals surface area (Å²) in [4.78, 5) is 21.5. The van der Waals surface area contributed by atoms with E-state index in [1.54, 1.807) is 42.5 Å². The number of alkyl halides is 1. The minimum Gasteiger partial charge on any atom is -0.387 e. The third-order valence-electron chi connectivity index (χ3n) is 4.92. The van der Waals surface area contributed by atoms with E-state index in [1.807, 2.05) is 0 Å². The van der Waals surface area contributed by atoms with Gasteiger partial charge in [0, 0.05) is 37.1 Å². The Morgan fingerprint density at radius 3 is 2.70 bits per heavy atom. The van der Waals surface area contributed by atoms with Gasteiger partial charge in [-0.1, -0.05) is 11.6 Å². The molecule has 1 amide bonds. The molecule has 172 valence electrons. The van der Waals surface area contributed by atoms with Crippen molar-refractivity contribution in [3.8, 4) is 5.82 Å². The minimum atomic E-state index is -1.64. The van der Waals surface area contributed by atoms with E-state index in [1.165, 1.54) is 30.9 Å². The molecule has 0 aromatic carbocycles. The van der Waals surface area contributed by atoms with Crippen LogP contribution in [0.2, 0.25) is 5.02 Å². The molecule has 0 unspecified atom stereocenters. The zero-order chi connectivity index (χ0) is 23.8. The number of aromatic nitrogens is 6. The average molecular weight is 473 g/mol. The van der Waals surface area contributed by atoms with Crippen LogP contribution < -0.4 is 10.6 Å². The Hall–Kier alpha value is -3.57. The summed E-state index contributed by atoms with van der Waals surface area (Å²) in [6.07, 6.45) is 6.18. The Balaban J connectivity index is 1.69. The van der Waals surface area contributed by atoms with Crippen LogP contribution in [-0.2, 0) is 7.05 Å². The van der Waals surface area contributed by atoms with Crippen LogP contribution in [-0.4, -0.2) is 58.9 Å². The Morgan fingerprint density at radius 2 is 2.00 bits per heavy atom. The molecule has 12 heteroatoms. The fraction of sp³-hybridized carbons (Fsp3) is 0.286. The van der Waals surface area contributed by atoms with Crippen LogP contribution in [0, 0.1) is 0 Å². The Kier molecular flexibility index (Phi) is 6.00. The minimum absolute atomic E-state index is 0.179. The Labute approximate surface area is 193 Å². The fourth-order valence-corrected chi connectivity index (χ4v) is 3.24. The highest BCUT2D eigenvalue weighted by molar-refractivity contribution is 6.31. The van der Waals surface area contributed by atoms with Crippen molar-refractivity contribution in [1.29, 1.82) is 0 Å². The zero-order valence-electron chi connectivity index (χ0n) is 18.1. The molecular weight excluding hydrogens is 451 g/mol. The molecule has 0 aliphatic rings. The highest BCUT2D eigenvalue weighted by Gasteiger charge is 2.27. The van der Waals surface area contributed by atoms with Crippen molar-refractivity contribution >= 4 is 39.9 Å². The quantitative estimate of drug-likeness (QED) is 0.378. The standard InChI is InChI=1S/C21H22ClFN8O2/c1-21(2,33)17(23)10-26-20(32)15-9-24-18(5-16(15)29-14-8-27-30(3)11-14)31-19-12(6-28-31)4-13(22)7-25-19/h4-9,11,17,33H,10H2,1-3H3,(H,24,29)(H,26,32)/t17-/m1/s1. The molecule has 4 aromatic rings. The van der Waals surface area contributed by atoms with Crippen molar-refractivity contribution < 1.29 is 14.3 Å². The van der Waals surface area contributed by atoms with E-state index in [-0.39, 0.29) is 12.1 Å². The number of nitrogens with one attached hydrogen (secondary N) is 2. The van der Waals surface area contributed by atoms with Crippen molar-refractivity contribution in [2.24, 2.45) is 7.05 Å². The molecule has 10 nitrogen and oxygen atoms in total. The van der Waals surface area contributed by atoms with Gasteiger partial charge in [0.25, 0.3) is 5.91 Å². The highest BCUT2D eigenvalue weighted by atomic mass is 35.5. The van der Waals surface area contributed by atoms with Crippen LogP contribution in [0.25, 0.3) is 16.9 Å². The van der Waals surface area contributed by atoms with Crippen LogP contribution in [0.15, 0.2) is 43.1 Å². The first-order chi connectivity index (χ1) is 15.6. The maximum Gasteiger partial charge on any atom is 0.255 e. The largest absolute Gasteiger partial charge is 0.387 e. The molecule has 33 heavy (non-hydrogen) atoms. The van der Waals surface area contributed by atoms with Crippen LogP contribution >= 0.6 is 11.6 Å². The van der Waals surface area contributed by atoms with Gasteiger partial charge < -0.3 is 15.7 Å². The summed E-state index contributed by atoms with van der Waals surface area (Å²) in [6, 6.07) is 3.37. The summed E-state index contributed by atoms with van der Waals surface area (Å²) >= 11 is 6.01. The van der Waals surface area contributed by atoms with Crippen molar-refractivity contribution in [2.75, 3.05) is 11.9 Å². The average Bonchev–Trinajstić information content (AvgIpc) is 3.36. The molecule has 0 saturated carbocycles. The van der Waals surface area contributed by atoms with Crippen molar-refractivity contribution in [3.05, 3.63) is 53.7 Å². The molecule has 4 aromatic heterocycles. The molecule has 4 heterocycles. The zero-order valence-corrected chi connectivity index (χ0v) is 18.9. The molecule has 0 spiro atoms. The van der Waals surface area contributed by atoms with Crippen LogP contribution in [0.1, 0.15) is 24.2 Å². The molecular formula is C21H22ClFN8O2. The van der Waals surface area contributed by atoms with Gasteiger partial charge in [-0.15, -0.1) is 0 Å². The second-order valence-corrected chi connectivity index (χ2v) is 8.51. The number of hydrogen-bond acceptors (Lipinski definition) is 7. The Bertz CT molecular complexity index is 1310. The molecule has 0 radical (unpaired) electrons. The van der Waals surface area contributed by atoms with E-state index in [0.717, 1.165) is 5.39 Å². The maximum absolute atomic E-state index is 14.1. The summed E-state index contributed by atoms with van der Waals surface area (Å²) in [5, 5.41) is 25.1. The lowest BCUT2D eigenvalue weighted by Crippen LogP contribution is -2.42. The van der Waals surface area contributed by atoms with Crippen molar-refractivity contribution in [1.82, 2.24) is 34.8 Å². The molecule has 0 aliphatic heterocycles. The number of halogens is 2. The van der Waals surface area contributed by atoms with Crippen LogP contribution in [0.4, 0.5) is 15.8 Å². The first-order valence-electron chi connectivity index (χ1n) is 10.0. The predicted molar refractivity (Wildman–Crippen MR) is 122 cm³/mol. The first kappa shape index (κ1) is 22.6. The maximum atomic E-state index is 14.1. The number of nitrogens with zero attached hydrogens (tertiary/aromatic N) is 6. The normalized spacial score (nSPS) is 12.7. The van der Waals surface area contributed by atoms with Gasteiger partial charge in [-0.25, -0.2) is 14.4 Å². The summed E-state index contributed by atoms with van der Waals surface area (Å²) in [5.74, 6) is -0.148. The Morgan fingerprint density at radius 1 is 1.21 bits per heavy atom. The third kappa shape index (κ3) is 4.94. The number of aliphatic hydroxyl groups is 1. The van der Waals surface area contributed by atoms with E-state index in [9.17, 15) is 14.3 Å². The summed E-state index contributed by atoms with van der Waals surface area (Å²) in [5.41, 5.74) is 0.184. The molecule has 0 bridgehead atoms. The van der Waals surface area contributed by atoms with Crippen LogP contribution in [0.5, 0.6) is 0 Å². The molecule has 0 fully saturated rings. The number of carbonyl (C=O) groups excluding carboxylic acids is 1. The lowest BCUT2D eigenvalue weighted by atomic mass is 10.0. The van der Waals surface area contributed by atoms with Gasteiger partial charge in [0.15, 0.2) is 11.5 Å². The number of pyridine rings is 2. The lowest BCUT2D eigenvalue weighted by molar-refractivity contribution is -0.00177. The fourth-order valence-electron chi connectivity index (χ4n) is 3.08. The van der Waals surface area contributed by atoms with Gasteiger partial charge in [0.05, 0.1) is 46.5 Å². The number of fused-ring (bicyclic) bond motifs is 1. The number of aryl methyl sites for hydroxylation is 1. The van der Waals surface area contributed by atoms with Gasteiger partial charge in [-0.05, 0) is 19.9 Å². The molecule has 1 atom stereocenters.